The third-order valence-electron chi connectivity index (χ3n) is 4.73. The van der Waals surface area contributed by atoms with E-state index in [0.717, 1.165) is 30.0 Å². The molecule has 0 unspecified atom stereocenters. The molecule has 0 N–H and O–H groups in total. The number of fused-ring (bicyclic) bond motifs is 1. The van der Waals surface area contributed by atoms with Crippen LogP contribution in [0.3, 0.4) is 0 Å². The molecule has 1 aromatic heterocycles. The molecule has 3 aromatic rings. The summed E-state index contributed by atoms with van der Waals surface area (Å²) in [6, 6.07) is 17.8. The van der Waals surface area contributed by atoms with Gasteiger partial charge in [0.1, 0.15) is 5.75 Å². The van der Waals surface area contributed by atoms with Gasteiger partial charge in [-0.1, -0.05) is 6.07 Å². The first-order valence-electron chi connectivity index (χ1n) is 8.43. The molecule has 0 fully saturated rings. The zero-order chi connectivity index (χ0) is 17.2. The molecule has 2 heterocycles. The lowest BCUT2D eigenvalue weighted by Gasteiger charge is -2.29. The molecule has 4 rings (SSSR count). The highest BCUT2D eigenvalue weighted by Gasteiger charge is 2.22. The monoisotopic (exact) mass is 332 g/mol. The Hall–Kier alpha value is -3.01. The van der Waals surface area contributed by atoms with Crippen LogP contribution in [0.5, 0.6) is 5.75 Å². The minimum Gasteiger partial charge on any atom is -0.497 e. The molecule has 4 nitrogen and oxygen atoms in total. The van der Waals surface area contributed by atoms with E-state index in [4.69, 9.17) is 4.74 Å². The van der Waals surface area contributed by atoms with Crippen LogP contribution in [0.1, 0.15) is 21.5 Å². The van der Waals surface area contributed by atoms with E-state index in [1.54, 1.807) is 7.11 Å². The molecule has 4 heteroatoms. The summed E-state index contributed by atoms with van der Waals surface area (Å²) in [4.78, 5) is 14.7. The van der Waals surface area contributed by atoms with E-state index >= 15 is 0 Å². The average molecular weight is 332 g/mol. The number of ether oxygens (including phenoxy) is 1. The van der Waals surface area contributed by atoms with Gasteiger partial charge in [-0.2, -0.15) is 0 Å². The van der Waals surface area contributed by atoms with Crippen LogP contribution in [0.25, 0.3) is 5.69 Å². The Labute approximate surface area is 147 Å². The molecule has 0 radical (unpaired) electrons. The van der Waals surface area contributed by atoms with Crippen LogP contribution >= 0.6 is 0 Å². The summed E-state index contributed by atoms with van der Waals surface area (Å²) in [6.45, 7) is 1.38. The number of benzene rings is 2. The van der Waals surface area contributed by atoms with Crippen LogP contribution in [-0.2, 0) is 13.0 Å². The summed E-state index contributed by atoms with van der Waals surface area (Å²) in [5.74, 6) is 0.958. The van der Waals surface area contributed by atoms with Crippen molar-refractivity contribution in [1.82, 2.24) is 9.47 Å². The van der Waals surface area contributed by atoms with Crippen molar-refractivity contribution in [3.63, 3.8) is 0 Å². The van der Waals surface area contributed by atoms with Gasteiger partial charge < -0.3 is 14.2 Å². The van der Waals surface area contributed by atoms with Crippen molar-refractivity contribution >= 4 is 5.91 Å². The zero-order valence-corrected chi connectivity index (χ0v) is 14.2. The number of carbonyl (C=O) groups excluding carboxylic acids is 1. The standard InChI is InChI=1S/C21H20N2O2/c1-25-20-9-6-18-15-23(13-10-17(18)14-20)21(24)16-4-7-19(8-5-16)22-11-2-3-12-22/h2-9,11-12,14H,10,13,15H2,1H3. The van der Waals surface area contributed by atoms with Crippen LogP contribution in [0.15, 0.2) is 67.0 Å². The normalized spacial score (nSPS) is 13.4. The molecule has 126 valence electrons. The highest BCUT2D eigenvalue weighted by molar-refractivity contribution is 5.94. The first kappa shape index (κ1) is 15.5. The van der Waals surface area contributed by atoms with E-state index in [9.17, 15) is 4.79 Å². The van der Waals surface area contributed by atoms with Crippen molar-refractivity contribution in [3.8, 4) is 11.4 Å². The second-order valence-electron chi connectivity index (χ2n) is 6.25. The van der Waals surface area contributed by atoms with Gasteiger partial charge in [-0.25, -0.2) is 0 Å². The van der Waals surface area contributed by atoms with Gasteiger partial charge in [0.25, 0.3) is 5.91 Å². The number of hydrogen-bond donors (Lipinski definition) is 0. The number of amides is 1. The summed E-state index contributed by atoms with van der Waals surface area (Å²) >= 11 is 0. The highest BCUT2D eigenvalue weighted by Crippen LogP contribution is 2.25. The van der Waals surface area contributed by atoms with E-state index in [1.807, 2.05) is 64.3 Å². The van der Waals surface area contributed by atoms with Crippen molar-refractivity contribution in [1.29, 1.82) is 0 Å². The third kappa shape index (κ3) is 3.03. The molecule has 1 amide bonds. The van der Waals surface area contributed by atoms with E-state index in [-0.39, 0.29) is 5.91 Å². The maximum atomic E-state index is 12.8. The van der Waals surface area contributed by atoms with Crippen LogP contribution in [-0.4, -0.2) is 29.0 Å². The molecular weight excluding hydrogens is 312 g/mol. The second kappa shape index (κ2) is 6.48. The first-order chi connectivity index (χ1) is 12.2. The maximum absolute atomic E-state index is 12.8. The SMILES string of the molecule is COc1ccc2c(c1)CCN(C(=O)c1ccc(-n3cccc3)cc1)C2. The quantitative estimate of drug-likeness (QED) is 0.733. The van der Waals surface area contributed by atoms with Crippen LogP contribution in [0, 0.1) is 0 Å². The average Bonchev–Trinajstić information content (AvgIpc) is 3.21. The molecule has 1 aliphatic heterocycles. The lowest BCUT2D eigenvalue weighted by Crippen LogP contribution is -2.35. The smallest absolute Gasteiger partial charge is 0.254 e. The summed E-state index contributed by atoms with van der Waals surface area (Å²) in [5.41, 5.74) is 4.25. The van der Waals surface area contributed by atoms with Crippen molar-refractivity contribution < 1.29 is 9.53 Å². The van der Waals surface area contributed by atoms with E-state index in [1.165, 1.54) is 11.1 Å². The Bertz CT molecular complexity index is 883. The van der Waals surface area contributed by atoms with Gasteiger partial charge in [0, 0.05) is 36.7 Å². The predicted molar refractivity (Wildman–Crippen MR) is 97.2 cm³/mol. The molecule has 0 bridgehead atoms. The lowest BCUT2D eigenvalue weighted by molar-refractivity contribution is 0.0734. The summed E-state index contributed by atoms with van der Waals surface area (Å²) in [6.07, 6.45) is 4.85. The minimum atomic E-state index is 0.0838. The number of methoxy groups -OCH3 is 1. The van der Waals surface area contributed by atoms with Gasteiger partial charge in [-0.3, -0.25) is 4.79 Å². The van der Waals surface area contributed by atoms with Crippen LogP contribution < -0.4 is 4.74 Å². The second-order valence-corrected chi connectivity index (χ2v) is 6.25. The number of carbonyl (C=O) groups is 1. The van der Waals surface area contributed by atoms with Gasteiger partial charge in [-0.05, 0) is 66.1 Å². The fraction of sp³-hybridized carbons (Fsp3) is 0.190. The van der Waals surface area contributed by atoms with Crippen molar-refractivity contribution in [2.75, 3.05) is 13.7 Å². The van der Waals surface area contributed by atoms with Crippen LogP contribution in [0.4, 0.5) is 0 Å². The lowest BCUT2D eigenvalue weighted by atomic mass is 9.98. The number of hydrogen-bond acceptors (Lipinski definition) is 2. The van der Waals surface area contributed by atoms with Crippen molar-refractivity contribution in [2.24, 2.45) is 0 Å². The van der Waals surface area contributed by atoms with Crippen LogP contribution in [0.2, 0.25) is 0 Å². The fourth-order valence-corrected chi connectivity index (χ4v) is 3.30. The molecule has 2 aromatic carbocycles. The predicted octanol–water partition coefficient (Wildman–Crippen LogP) is 3.68. The molecule has 0 spiro atoms. The third-order valence-corrected chi connectivity index (χ3v) is 4.73. The Morgan fingerprint density at radius 2 is 1.76 bits per heavy atom. The van der Waals surface area contributed by atoms with Crippen molar-refractivity contribution in [2.45, 2.75) is 13.0 Å². The van der Waals surface area contributed by atoms with Gasteiger partial charge in [0.2, 0.25) is 0 Å². The molecule has 0 saturated carbocycles. The van der Waals surface area contributed by atoms with Gasteiger partial charge in [0.15, 0.2) is 0 Å². The van der Waals surface area contributed by atoms with Crippen molar-refractivity contribution in [3.05, 3.63) is 83.7 Å². The summed E-state index contributed by atoms with van der Waals surface area (Å²) < 4.78 is 7.31. The van der Waals surface area contributed by atoms with Gasteiger partial charge >= 0.3 is 0 Å². The Balaban J connectivity index is 1.51. The molecular formula is C21H20N2O2. The first-order valence-corrected chi connectivity index (χ1v) is 8.43. The fourth-order valence-electron chi connectivity index (χ4n) is 3.30. The Morgan fingerprint density at radius 3 is 2.48 bits per heavy atom. The Kier molecular flexibility index (Phi) is 4.02. The topological polar surface area (TPSA) is 34.5 Å². The molecule has 25 heavy (non-hydrogen) atoms. The van der Waals surface area contributed by atoms with Gasteiger partial charge in [-0.15, -0.1) is 0 Å². The molecule has 0 aliphatic carbocycles. The maximum Gasteiger partial charge on any atom is 0.254 e. The largest absolute Gasteiger partial charge is 0.497 e. The van der Waals surface area contributed by atoms with E-state index in [2.05, 4.69) is 12.1 Å². The van der Waals surface area contributed by atoms with E-state index in [0.29, 0.717) is 6.54 Å². The summed E-state index contributed by atoms with van der Waals surface area (Å²) in [5, 5.41) is 0. The molecule has 0 saturated heterocycles. The minimum absolute atomic E-state index is 0.0838. The molecule has 1 aliphatic rings. The van der Waals surface area contributed by atoms with E-state index < -0.39 is 0 Å². The summed E-state index contributed by atoms with van der Waals surface area (Å²) in [7, 11) is 1.68. The Morgan fingerprint density at radius 1 is 1.00 bits per heavy atom. The zero-order valence-electron chi connectivity index (χ0n) is 14.2. The molecule has 0 atom stereocenters. The number of nitrogens with zero attached hydrogens (tertiary/aromatic N) is 2. The number of aromatic nitrogens is 1. The highest BCUT2D eigenvalue weighted by atomic mass is 16.5. The van der Waals surface area contributed by atoms with Gasteiger partial charge in [0.05, 0.1) is 7.11 Å². The number of rotatable bonds is 3.